The van der Waals surface area contributed by atoms with Crippen molar-refractivity contribution in [3.8, 4) is 0 Å². The van der Waals surface area contributed by atoms with Gasteiger partial charge < -0.3 is 27.1 Å². The number of nitrogens with one attached hydrogen (secondary N) is 2. The molecule has 0 saturated heterocycles. The Hall–Kier alpha value is -3.84. The lowest BCUT2D eigenvalue weighted by Gasteiger charge is -2.23. The van der Waals surface area contributed by atoms with Gasteiger partial charge in [-0.1, -0.05) is 12.1 Å². The number of nitrogens with two attached hydrogens (primary N) is 2. The molecule has 0 saturated carbocycles. The molecule has 0 aliphatic rings. The summed E-state index contributed by atoms with van der Waals surface area (Å²) in [6.45, 7) is 0.711. The molecule has 1 heterocycles. The Bertz CT molecular complexity index is 1090. The first kappa shape index (κ1) is 25.4. The monoisotopic (exact) mass is 476 g/mol. The van der Waals surface area contributed by atoms with Crippen molar-refractivity contribution in [2.24, 2.45) is 0 Å². The smallest absolute Gasteiger partial charge is 0.396 e. The lowest BCUT2D eigenvalue weighted by atomic mass is 10.0. The van der Waals surface area contributed by atoms with Crippen LogP contribution in [-0.4, -0.2) is 40.6 Å². The maximum atomic E-state index is 14.3. The Morgan fingerprint density at radius 2 is 1.85 bits per heavy atom. The predicted octanol–water partition coefficient (Wildman–Crippen LogP) is 3.02. The number of carbonyl (C=O) groups excluding carboxylic acids is 2. The zero-order valence-electron chi connectivity index (χ0n) is 16.9. The van der Waals surface area contributed by atoms with Crippen LogP contribution in [0.2, 0.25) is 0 Å². The molecular weight excluding hydrogens is 458 g/mol. The summed E-state index contributed by atoms with van der Waals surface area (Å²) >= 11 is 0. The Morgan fingerprint density at radius 1 is 1.21 bits per heavy atom. The summed E-state index contributed by atoms with van der Waals surface area (Å²) in [4.78, 5) is 29.4. The van der Waals surface area contributed by atoms with E-state index in [1.165, 1.54) is 6.92 Å². The molecule has 33 heavy (non-hydrogen) atoms. The van der Waals surface area contributed by atoms with Crippen molar-refractivity contribution in [3.05, 3.63) is 46.9 Å². The van der Waals surface area contributed by atoms with Crippen LogP contribution < -0.4 is 16.8 Å². The summed E-state index contributed by atoms with van der Waals surface area (Å²) in [5, 5.41) is 9.44. The number of amides is 2. The largest absolute Gasteiger partial charge is 0.458 e. The number of nitrogen functional groups attached to an aromatic ring is 2. The molecule has 0 aliphatic heterocycles. The number of rotatable bonds is 6. The van der Waals surface area contributed by atoms with Crippen molar-refractivity contribution >= 4 is 35.2 Å². The molecule has 0 radical (unpaired) electrons. The van der Waals surface area contributed by atoms with Gasteiger partial charge in [-0.2, -0.15) is 22.0 Å². The number of anilines is 3. The first-order chi connectivity index (χ1) is 15.2. The van der Waals surface area contributed by atoms with E-state index in [1.807, 2.05) is 0 Å². The number of hydrogen-bond acceptors (Lipinski definition) is 6. The molecule has 0 spiro atoms. The third kappa shape index (κ3) is 5.15. The van der Waals surface area contributed by atoms with Crippen LogP contribution in [0.1, 0.15) is 23.6 Å². The van der Waals surface area contributed by atoms with Gasteiger partial charge in [0.1, 0.15) is 11.6 Å². The average molecular weight is 476 g/mol. The molecule has 0 atom stereocenters. The number of halogens is 6. The number of carbonyl (C=O) groups is 2. The van der Waals surface area contributed by atoms with Crippen molar-refractivity contribution in [3.63, 3.8) is 0 Å². The number of hydrogen-bond donors (Lipinski definition) is 4. The molecule has 2 rings (SSSR count). The molecular formula is C19H18F6N6O2. The van der Waals surface area contributed by atoms with Crippen molar-refractivity contribution in [1.82, 2.24) is 9.88 Å². The Balaban J connectivity index is 2.22. The lowest BCUT2D eigenvalue weighted by Crippen LogP contribution is -2.39. The minimum atomic E-state index is -5.92. The molecule has 2 aromatic rings. The van der Waals surface area contributed by atoms with E-state index in [4.69, 9.17) is 16.9 Å². The number of alkyl halides is 5. The average Bonchev–Trinajstić information content (AvgIpc) is 2.73. The maximum absolute atomic E-state index is 14.3. The topological polar surface area (TPSA) is 138 Å². The van der Waals surface area contributed by atoms with Crippen LogP contribution in [0.4, 0.5) is 43.5 Å². The van der Waals surface area contributed by atoms with E-state index < -0.39 is 41.8 Å². The second-order valence-corrected chi connectivity index (χ2v) is 6.68. The summed E-state index contributed by atoms with van der Waals surface area (Å²) in [7, 11) is 0. The molecule has 0 unspecified atom stereocenters. The van der Waals surface area contributed by atoms with E-state index in [0.29, 0.717) is 12.1 Å². The minimum Gasteiger partial charge on any atom is -0.396 e. The zero-order valence-corrected chi connectivity index (χ0v) is 16.9. The number of benzene rings is 1. The van der Waals surface area contributed by atoms with Gasteiger partial charge in [-0.05, 0) is 13.0 Å². The SMILES string of the molecule is CCN(Cc1ccc(C(F)(F)C(F)(F)F)cc1F)C(=O)C(=O)Nc1cnc(N)c(C=N)c1N. The first-order valence-electron chi connectivity index (χ1n) is 9.12. The third-order valence-corrected chi connectivity index (χ3v) is 4.58. The van der Waals surface area contributed by atoms with Gasteiger partial charge in [-0.25, -0.2) is 9.37 Å². The highest BCUT2D eigenvalue weighted by atomic mass is 19.4. The van der Waals surface area contributed by atoms with Crippen molar-refractivity contribution < 1.29 is 35.9 Å². The van der Waals surface area contributed by atoms with Gasteiger partial charge >= 0.3 is 23.9 Å². The summed E-state index contributed by atoms with van der Waals surface area (Å²) in [5.41, 5.74) is 9.08. The Kier molecular flexibility index (Phi) is 7.19. The van der Waals surface area contributed by atoms with Crippen molar-refractivity contribution in [2.45, 2.75) is 25.6 Å². The maximum Gasteiger partial charge on any atom is 0.458 e. The minimum absolute atomic E-state index is 0.00501. The second-order valence-electron chi connectivity index (χ2n) is 6.68. The molecule has 8 nitrogen and oxygen atoms in total. The second kappa shape index (κ2) is 9.34. The van der Waals surface area contributed by atoms with Gasteiger partial charge in [0.15, 0.2) is 0 Å². The molecule has 6 N–H and O–H groups in total. The molecule has 1 aromatic heterocycles. The fraction of sp³-hybridized carbons (Fsp3) is 0.263. The number of likely N-dealkylation sites (N-methyl/N-ethyl adjacent to an activating group) is 1. The van der Waals surface area contributed by atoms with Crippen molar-refractivity contribution in [1.29, 1.82) is 5.41 Å². The lowest BCUT2D eigenvalue weighted by molar-refractivity contribution is -0.289. The highest BCUT2D eigenvalue weighted by molar-refractivity contribution is 6.39. The fourth-order valence-electron chi connectivity index (χ4n) is 2.69. The number of aromatic nitrogens is 1. The summed E-state index contributed by atoms with van der Waals surface area (Å²) in [5.74, 6) is -9.15. The molecule has 0 aliphatic carbocycles. The standard InChI is InChI=1S/C19H18F6N6O2/c1-2-31(8-9-3-4-10(5-12(9)20)18(21,22)19(23,24)25)17(33)16(32)30-13-7-29-15(28)11(6-26)14(13)27/h3-7,26H,2,8H2,1H3,(H,30,32)(H4,27,28,29). The highest BCUT2D eigenvalue weighted by Gasteiger charge is 2.58. The third-order valence-electron chi connectivity index (χ3n) is 4.58. The highest BCUT2D eigenvalue weighted by Crippen LogP contribution is 2.44. The predicted molar refractivity (Wildman–Crippen MR) is 107 cm³/mol. The molecule has 1 aromatic carbocycles. The summed E-state index contributed by atoms with van der Waals surface area (Å²) in [6.07, 6.45) is -4.07. The van der Waals surface area contributed by atoms with Gasteiger partial charge in [-0.3, -0.25) is 9.59 Å². The first-order valence-corrected chi connectivity index (χ1v) is 9.12. The van der Waals surface area contributed by atoms with E-state index in [-0.39, 0.29) is 40.9 Å². The number of nitrogens with zero attached hydrogens (tertiary/aromatic N) is 2. The van der Waals surface area contributed by atoms with Gasteiger partial charge in [0, 0.05) is 30.4 Å². The van der Waals surface area contributed by atoms with E-state index >= 15 is 0 Å². The van der Waals surface area contributed by atoms with Crippen LogP contribution in [0.5, 0.6) is 0 Å². The molecule has 14 heteroatoms. The van der Waals surface area contributed by atoms with Gasteiger partial charge in [-0.15, -0.1) is 0 Å². The van der Waals surface area contributed by atoms with Crippen LogP contribution >= 0.6 is 0 Å². The van der Waals surface area contributed by atoms with E-state index in [1.54, 1.807) is 0 Å². The normalized spacial score (nSPS) is 11.7. The van der Waals surface area contributed by atoms with Crippen LogP contribution in [0, 0.1) is 11.2 Å². The van der Waals surface area contributed by atoms with Crippen LogP contribution in [0.15, 0.2) is 24.4 Å². The van der Waals surface area contributed by atoms with Gasteiger partial charge in [0.2, 0.25) is 0 Å². The zero-order chi connectivity index (χ0) is 25.1. The van der Waals surface area contributed by atoms with Crippen LogP contribution in [0.3, 0.4) is 0 Å². The van der Waals surface area contributed by atoms with Gasteiger partial charge in [0.25, 0.3) is 0 Å². The summed E-state index contributed by atoms with van der Waals surface area (Å²) < 4.78 is 78.5. The van der Waals surface area contributed by atoms with Crippen molar-refractivity contribution in [2.75, 3.05) is 23.3 Å². The van der Waals surface area contributed by atoms with Crippen LogP contribution in [-0.2, 0) is 22.1 Å². The Morgan fingerprint density at radius 3 is 2.36 bits per heavy atom. The van der Waals surface area contributed by atoms with Gasteiger partial charge in [0.05, 0.1) is 23.1 Å². The number of pyridine rings is 1. The summed E-state index contributed by atoms with van der Waals surface area (Å²) in [6, 6.07) is 1.10. The molecule has 2 amide bonds. The van der Waals surface area contributed by atoms with E-state index in [2.05, 4.69) is 10.3 Å². The van der Waals surface area contributed by atoms with E-state index in [0.717, 1.165) is 17.3 Å². The van der Waals surface area contributed by atoms with E-state index in [9.17, 15) is 35.9 Å². The quantitative estimate of drug-likeness (QED) is 0.289. The Labute approximate surface area is 183 Å². The molecule has 0 fully saturated rings. The fourth-order valence-corrected chi connectivity index (χ4v) is 2.69. The molecule has 178 valence electrons. The van der Waals surface area contributed by atoms with Crippen LogP contribution in [0.25, 0.3) is 0 Å². The molecule has 0 bridgehead atoms.